The molecular weight excluding hydrogens is 380 g/mol. The van der Waals surface area contributed by atoms with Gasteiger partial charge < -0.3 is 20.5 Å². The van der Waals surface area contributed by atoms with Crippen molar-refractivity contribution < 1.29 is 14.1 Å². The van der Waals surface area contributed by atoms with Crippen LogP contribution in [-0.2, 0) is 11.2 Å². The van der Waals surface area contributed by atoms with Gasteiger partial charge in [0.2, 0.25) is 5.91 Å². The molecule has 7 heteroatoms. The minimum absolute atomic E-state index is 0.0380. The van der Waals surface area contributed by atoms with Crippen LogP contribution in [-0.4, -0.2) is 47.5 Å². The molecule has 2 aromatic rings. The second kappa shape index (κ2) is 9.00. The first-order valence-electron chi connectivity index (χ1n) is 10.9. The number of amides is 2. The summed E-state index contributed by atoms with van der Waals surface area (Å²) in [5.74, 6) is 0.934. The van der Waals surface area contributed by atoms with E-state index in [1.807, 2.05) is 11.8 Å². The Kier molecular flexibility index (Phi) is 6.18. The van der Waals surface area contributed by atoms with E-state index in [0.717, 1.165) is 37.0 Å². The van der Waals surface area contributed by atoms with Gasteiger partial charge in [0, 0.05) is 37.7 Å². The number of benzene rings is 1. The number of likely N-dealkylation sites (tertiary alicyclic amines) is 1. The van der Waals surface area contributed by atoms with Crippen LogP contribution in [0.3, 0.4) is 0 Å². The second-order valence-corrected chi connectivity index (χ2v) is 8.58. The number of aryl methyl sites for hydroxylation is 1. The van der Waals surface area contributed by atoms with E-state index in [-0.39, 0.29) is 23.8 Å². The molecule has 2 heterocycles. The fourth-order valence-corrected chi connectivity index (χ4v) is 4.00. The summed E-state index contributed by atoms with van der Waals surface area (Å²) in [5, 5.41) is 6.93. The zero-order chi connectivity index (χ0) is 21.1. The maximum Gasteiger partial charge on any atom is 0.273 e. The summed E-state index contributed by atoms with van der Waals surface area (Å²) < 4.78 is 5.27. The lowest BCUT2D eigenvalue weighted by Gasteiger charge is -2.34. The maximum atomic E-state index is 13.0. The topological polar surface area (TPSA) is 101 Å². The third-order valence-corrected chi connectivity index (χ3v) is 6.12. The molecule has 7 nitrogen and oxygen atoms in total. The first-order chi connectivity index (χ1) is 14.5. The quantitative estimate of drug-likeness (QED) is 0.730. The molecule has 1 saturated carbocycles. The van der Waals surface area contributed by atoms with Crippen molar-refractivity contribution in [3.05, 3.63) is 52.9 Å². The number of hydrogen-bond donors (Lipinski definition) is 2. The average molecular weight is 411 g/mol. The minimum atomic E-state index is -0.213. The van der Waals surface area contributed by atoms with Crippen LogP contribution in [0.15, 0.2) is 34.9 Å². The van der Waals surface area contributed by atoms with Crippen LogP contribution in [0.5, 0.6) is 0 Å². The molecule has 1 aliphatic carbocycles. The summed E-state index contributed by atoms with van der Waals surface area (Å²) in [6, 6.07) is 10.0. The smallest absolute Gasteiger partial charge is 0.273 e. The molecule has 0 unspecified atom stereocenters. The number of nitrogens with zero attached hydrogens (tertiary/aromatic N) is 2. The molecule has 30 heavy (non-hydrogen) atoms. The Bertz CT molecular complexity index is 880. The number of carbonyl (C=O) groups is 2. The summed E-state index contributed by atoms with van der Waals surface area (Å²) >= 11 is 0. The van der Waals surface area contributed by atoms with Crippen LogP contribution in [0, 0.1) is 12.8 Å². The first kappa shape index (κ1) is 20.6. The fourth-order valence-electron chi connectivity index (χ4n) is 4.00. The van der Waals surface area contributed by atoms with E-state index in [2.05, 4.69) is 34.7 Å². The molecule has 0 radical (unpaired) electrons. The Morgan fingerprint density at radius 3 is 2.53 bits per heavy atom. The fraction of sp³-hybridized carbons (Fsp3) is 0.522. The van der Waals surface area contributed by atoms with E-state index in [9.17, 15) is 9.59 Å². The van der Waals surface area contributed by atoms with Crippen LogP contribution >= 0.6 is 0 Å². The van der Waals surface area contributed by atoms with Gasteiger partial charge in [-0.15, -0.1) is 0 Å². The highest BCUT2D eigenvalue weighted by molar-refractivity contribution is 5.92. The number of carbonyl (C=O) groups excluding carboxylic acids is 2. The maximum absolute atomic E-state index is 13.0. The van der Waals surface area contributed by atoms with Gasteiger partial charge in [0.05, 0.1) is 5.92 Å². The molecule has 0 spiro atoms. The van der Waals surface area contributed by atoms with Crippen LogP contribution in [0.4, 0.5) is 0 Å². The zero-order valence-corrected chi connectivity index (χ0v) is 17.5. The molecule has 1 aromatic carbocycles. The molecule has 1 aliphatic heterocycles. The van der Waals surface area contributed by atoms with Crippen LogP contribution < -0.4 is 11.1 Å². The van der Waals surface area contributed by atoms with Crippen molar-refractivity contribution in [3.8, 4) is 0 Å². The minimum Gasteiger partial charge on any atom is -0.360 e. The normalized spacial score (nSPS) is 18.3. The van der Waals surface area contributed by atoms with Crippen LogP contribution in [0.1, 0.15) is 59.0 Å². The van der Waals surface area contributed by atoms with Crippen molar-refractivity contribution in [1.82, 2.24) is 15.4 Å². The van der Waals surface area contributed by atoms with Crippen molar-refractivity contribution in [2.75, 3.05) is 19.6 Å². The number of piperidine rings is 1. The average Bonchev–Trinajstić information content (AvgIpc) is 3.49. The van der Waals surface area contributed by atoms with Gasteiger partial charge in [-0.1, -0.05) is 35.0 Å². The van der Waals surface area contributed by atoms with Crippen molar-refractivity contribution in [2.45, 2.75) is 51.0 Å². The molecule has 1 saturated heterocycles. The van der Waals surface area contributed by atoms with Crippen molar-refractivity contribution in [2.24, 2.45) is 11.7 Å². The summed E-state index contributed by atoms with van der Waals surface area (Å²) in [7, 11) is 0. The lowest BCUT2D eigenvalue weighted by atomic mass is 9.95. The lowest BCUT2D eigenvalue weighted by Crippen LogP contribution is -2.49. The standard InChI is InChI=1S/C23H30N4O3/c1-15-2-4-16(5-3-15)12-18(14-24)23(29)27-10-8-19(9-11-27)25-22(28)20-13-21(30-26-20)17-6-7-17/h2-5,13,17-19H,6-12,14,24H2,1H3,(H,25,28)/t18-/m0/s1. The highest BCUT2D eigenvalue weighted by Gasteiger charge is 2.31. The number of hydrogen-bond acceptors (Lipinski definition) is 5. The van der Waals surface area contributed by atoms with Crippen molar-refractivity contribution in [1.29, 1.82) is 0 Å². The summed E-state index contributed by atoms with van der Waals surface area (Å²) in [5.41, 5.74) is 8.60. The van der Waals surface area contributed by atoms with Gasteiger partial charge in [-0.2, -0.15) is 0 Å². The Hall–Kier alpha value is -2.67. The number of nitrogens with one attached hydrogen (secondary N) is 1. The lowest BCUT2D eigenvalue weighted by molar-refractivity contribution is -0.136. The predicted molar refractivity (Wildman–Crippen MR) is 113 cm³/mol. The third-order valence-electron chi connectivity index (χ3n) is 6.12. The molecule has 3 N–H and O–H groups in total. The van der Waals surface area contributed by atoms with Gasteiger partial charge in [-0.3, -0.25) is 9.59 Å². The zero-order valence-electron chi connectivity index (χ0n) is 17.5. The van der Waals surface area contributed by atoms with E-state index in [1.165, 1.54) is 5.56 Å². The van der Waals surface area contributed by atoms with Gasteiger partial charge in [0.25, 0.3) is 5.91 Å². The molecule has 160 valence electrons. The largest absolute Gasteiger partial charge is 0.360 e. The number of aromatic nitrogens is 1. The third kappa shape index (κ3) is 4.90. The highest BCUT2D eigenvalue weighted by Crippen LogP contribution is 2.40. The summed E-state index contributed by atoms with van der Waals surface area (Å²) in [6.07, 6.45) is 4.33. The van der Waals surface area contributed by atoms with Gasteiger partial charge >= 0.3 is 0 Å². The van der Waals surface area contributed by atoms with Crippen LogP contribution in [0.2, 0.25) is 0 Å². The molecular formula is C23H30N4O3. The van der Waals surface area contributed by atoms with Crippen molar-refractivity contribution >= 4 is 11.8 Å². The number of nitrogens with two attached hydrogens (primary N) is 1. The number of rotatable bonds is 7. The molecule has 4 rings (SSSR count). The SMILES string of the molecule is Cc1ccc(C[C@@H](CN)C(=O)N2CCC(NC(=O)c3cc(C4CC4)on3)CC2)cc1. The molecule has 2 amide bonds. The molecule has 2 fully saturated rings. The highest BCUT2D eigenvalue weighted by atomic mass is 16.5. The molecule has 1 atom stereocenters. The van der Waals surface area contributed by atoms with Crippen molar-refractivity contribution in [3.63, 3.8) is 0 Å². The van der Waals surface area contributed by atoms with Crippen LogP contribution in [0.25, 0.3) is 0 Å². The Morgan fingerprint density at radius 1 is 1.20 bits per heavy atom. The Balaban J connectivity index is 1.26. The van der Waals surface area contributed by atoms with E-state index in [0.29, 0.717) is 37.7 Å². The molecule has 2 aliphatic rings. The monoisotopic (exact) mass is 410 g/mol. The molecule has 0 bridgehead atoms. The first-order valence-corrected chi connectivity index (χ1v) is 10.9. The van der Waals surface area contributed by atoms with E-state index < -0.39 is 0 Å². The molecule has 1 aromatic heterocycles. The van der Waals surface area contributed by atoms with E-state index in [1.54, 1.807) is 6.07 Å². The van der Waals surface area contributed by atoms with E-state index in [4.69, 9.17) is 10.3 Å². The Morgan fingerprint density at radius 2 is 1.90 bits per heavy atom. The second-order valence-electron chi connectivity index (χ2n) is 8.58. The van der Waals surface area contributed by atoms with E-state index >= 15 is 0 Å². The Labute approximate surface area is 177 Å². The summed E-state index contributed by atoms with van der Waals surface area (Å²) in [4.78, 5) is 27.3. The van der Waals surface area contributed by atoms with Gasteiger partial charge in [0.15, 0.2) is 5.69 Å². The van der Waals surface area contributed by atoms with Gasteiger partial charge in [-0.25, -0.2) is 0 Å². The predicted octanol–water partition coefficient (Wildman–Crippen LogP) is 2.40. The summed E-state index contributed by atoms with van der Waals surface area (Å²) in [6.45, 7) is 3.63. The van der Waals surface area contributed by atoms with Gasteiger partial charge in [0.1, 0.15) is 5.76 Å². The van der Waals surface area contributed by atoms with Gasteiger partial charge in [-0.05, 0) is 44.6 Å².